The van der Waals surface area contributed by atoms with Crippen molar-refractivity contribution in [3.63, 3.8) is 0 Å². The molecule has 4 nitrogen and oxygen atoms in total. The number of ether oxygens (including phenoxy) is 1. The summed E-state index contributed by atoms with van der Waals surface area (Å²) in [6, 6.07) is 8.10. The van der Waals surface area contributed by atoms with Gasteiger partial charge in [0.2, 0.25) is 5.91 Å². The second kappa shape index (κ2) is 9.50. The monoisotopic (exact) mass is 278 g/mol. The molecule has 0 aliphatic rings. The topological polar surface area (TPSA) is 64.3 Å². The lowest BCUT2D eigenvalue weighted by Crippen LogP contribution is -2.25. The number of hydrogen-bond acceptors (Lipinski definition) is 3. The van der Waals surface area contributed by atoms with Crippen molar-refractivity contribution in [2.45, 2.75) is 52.3 Å². The third kappa shape index (κ3) is 6.68. The normalized spacial score (nSPS) is 12.2. The van der Waals surface area contributed by atoms with Crippen LogP contribution < -0.4 is 11.1 Å². The van der Waals surface area contributed by atoms with Gasteiger partial charge in [-0.3, -0.25) is 4.79 Å². The van der Waals surface area contributed by atoms with Gasteiger partial charge in [-0.15, -0.1) is 0 Å². The molecule has 20 heavy (non-hydrogen) atoms. The van der Waals surface area contributed by atoms with Gasteiger partial charge in [0.05, 0.1) is 6.61 Å². The van der Waals surface area contributed by atoms with Crippen LogP contribution in [0.25, 0.3) is 0 Å². The Morgan fingerprint density at radius 2 is 2.05 bits per heavy atom. The summed E-state index contributed by atoms with van der Waals surface area (Å²) in [5.74, 6) is 0.0478. The molecule has 0 aliphatic carbocycles. The number of nitrogens with one attached hydrogen (secondary N) is 1. The molecule has 0 bridgehead atoms. The molecule has 1 unspecified atom stereocenters. The molecule has 1 aromatic carbocycles. The zero-order chi connectivity index (χ0) is 14.8. The van der Waals surface area contributed by atoms with Crippen molar-refractivity contribution in [2.24, 2.45) is 5.73 Å². The lowest BCUT2D eigenvalue weighted by Gasteiger charge is -2.11. The Kier molecular flexibility index (Phi) is 7.92. The third-order valence-electron chi connectivity index (χ3n) is 3.03. The predicted molar refractivity (Wildman–Crippen MR) is 81.1 cm³/mol. The van der Waals surface area contributed by atoms with E-state index in [0.29, 0.717) is 26.0 Å². The lowest BCUT2D eigenvalue weighted by molar-refractivity contribution is -0.121. The number of nitrogens with two attached hydrogens (primary N) is 1. The summed E-state index contributed by atoms with van der Waals surface area (Å²) >= 11 is 0. The Morgan fingerprint density at radius 3 is 2.70 bits per heavy atom. The fourth-order valence-electron chi connectivity index (χ4n) is 1.84. The van der Waals surface area contributed by atoms with Crippen molar-refractivity contribution in [3.8, 4) is 0 Å². The summed E-state index contributed by atoms with van der Waals surface area (Å²) in [5, 5.41) is 2.94. The Balaban J connectivity index is 2.44. The number of carbonyl (C=O) groups excluding carboxylic acids is 1. The minimum absolute atomic E-state index is 0.0478. The van der Waals surface area contributed by atoms with Crippen LogP contribution in [0.2, 0.25) is 0 Å². The van der Waals surface area contributed by atoms with Crippen molar-refractivity contribution in [1.29, 1.82) is 0 Å². The van der Waals surface area contributed by atoms with Gasteiger partial charge < -0.3 is 15.8 Å². The summed E-state index contributed by atoms with van der Waals surface area (Å²) in [6.45, 7) is 5.90. The Labute approximate surface area is 121 Å². The molecule has 3 N–H and O–H groups in total. The van der Waals surface area contributed by atoms with Crippen LogP contribution in [-0.2, 0) is 22.7 Å². The van der Waals surface area contributed by atoms with Crippen LogP contribution in [0.4, 0.5) is 0 Å². The van der Waals surface area contributed by atoms with Gasteiger partial charge in [-0.1, -0.05) is 31.2 Å². The summed E-state index contributed by atoms with van der Waals surface area (Å²) < 4.78 is 5.57. The summed E-state index contributed by atoms with van der Waals surface area (Å²) in [7, 11) is 0. The molecule has 112 valence electrons. The van der Waals surface area contributed by atoms with Crippen LogP contribution in [0.1, 0.15) is 44.2 Å². The average Bonchev–Trinajstić information content (AvgIpc) is 2.44. The molecule has 0 fully saturated rings. The average molecular weight is 278 g/mol. The van der Waals surface area contributed by atoms with Crippen LogP contribution in [0.3, 0.4) is 0 Å². The first-order valence-corrected chi connectivity index (χ1v) is 7.30. The molecule has 0 radical (unpaired) electrons. The Morgan fingerprint density at radius 1 is 1.35 bits per heavy atom. The molecular formula is C16H26N2O2. The van der Waals surface area contributed by atoms with Gasteiger partial charge in [0, 0.05) is 25.6 Å². The highest BCUT2D eigenvalue weighted by atomic mass is 16.5. The molecule has 0 saturated heterocycles. The maximum absolute atomic E-state index is 11.7. The van der Waals surface area contributed by atoms with Gasteiger partial charge in [-0.2, -0.15) is 0 Å². The van der Waals surface area contributed by atoms with Crippen molar-refractivity contribution in [3.05, 3.63) is 35.4 Å². The van der Waals surface area contributed by atoms with E-state index in [1.54, 1.807) is 0 Å². The van der Waals surface area contributed by atoms with Crippen molar-refractivity contribution in [2.75, 3.05) is 6.61 Å². The van der Waals surface area contributed by atoms with Crippen LogP contribution >= 0.6 is 0 Å². The van der Waals surface area contributed by atoms with Gasteiger partial charge in [0.1, 0.15) is 0 Å². The van der Waals surface area contributed by atoms with Gasteiger partial charge in [-0.25, -0.2) is 0 Å². The van der Waals surface area contributed by atoms with E-state index in [2.05, 4.69) is 12.2 Å². The van der Waals surface area contributed by atoms with E-state index in [1.807, 2.05) is 31.2 Å². The van der Waals surface area contributed by atoms with E-state index in [4.69, 9.17) is 10.5 Å². The highest BCUT2D eigenvalue weighted by Gasteiger charge is 2.06. The molecule has 0 heterocycles. The second-order valence-electron chi connectivity index (χ2n) is 5.11. The number of benzene rings is 1. The van der Waals surface area contributed by atoms with E-state index >= 15 is 0 Å². The van der Waals surface area contributed by atoms with E-state index in [-0.39, 0.29) is 11.9 Å². The Hall–Kier alpha value is -1.39. The fourth-order valence-corrected chi connectivity index (χ4v) is 1.84. The van der Waals surface area contributed by atoms with E-state index in [1.165, 1.54) is 0 Å². The molecule has 0 saturated carbocycles. The second-order valence-corrected chi connectivity index (χ2v) is 5.11. The lowest BCUT2D eigenvalue weighted by atomic mass is 10.1. The maximum atomic E-state index is 11.7. The largest absolute Gasteiger partial charge is 0.377 e. The number of carbonyl (C=O) groups is 1. The molecule has 1 amide bonds. The first-order chi connectivity index (χ1) is 9.63. The minimum Gasteiger partial charge on any atom is -0.377 e. The highest BCUT2D eigenvalue weighted by Crippen LogP contribution is 2.10. The van der Waals surface area contributed by atoms with Gasteiger partial charge in [0.25, 0.3) is 0 Å². The quantitative estimate of drug-likeness (QED) is 0.682. The first-order valence-electron chi connectivity index (χ1n) is 7.30. The van der Waals surface area contributed by atoms with Crippen molar-refractivity contribution >= 4 is 5.91 Å². The zero-order valence-corrected chi connectivity index (χ0v) is 12.5. The molecule has 0 aliphatic heterocycles. The van der Waals surface area contributed by atoms with Crippen LogP contribution in [0.5, 0.6) is 0 Å². The molecule has 1 rings (SSSR count). The fraction of sp³-hybridized carbons (Fsp3) is 0.562. The van der Waals surface area contributed by atoms with Crippen molar-refractivity contribution in [1.82, 2.24) is 5.32 Å². The number of amides is 1. The maximum Gasteiger partial charge on any atom is 0.220 e. The number of hydrogen-bond donors (Lipinski definition) is 2. The standard InChI is InChI=1S/C16H26N2O2/c1-3-10-20-12-15-7-5-4-6-14(15)11-18-16(19)9-8-13(2)17/h4-7,13H,3,8-12,17H2,1-2H3,(H,18,19). The molecule has 1 atom stereocenters. The zero-order valence-electron chi connectivity index (χ0n) is 12.5. The summed E-state index contributed by atoms with van der Waals surface area (Å²) in [4.78, 5) is 11.7. The summed E-state index contributed by atoms with van der Waals surface area (Å²) in [5.41, 5.74) is 7.89. The smallest absolute Gasteiger partial charge is 0.220 e. The highest BCUT2D eigenvalue weighted by molar-refractivity contribution is 5.75. The molecule has 0 spiro atoms. The molecule has 0 aromatic heterocycles. The van der Waals surface area contributed by atoms with Gasteiger partial charge in [0.15, 0.2) is 0 Å². The first kappa shape index (κ1) is 16.7. The Bertz CT molecular complexity index is 405. The third-order valence-corrected chi connectivity index (χ3v) is 3.03. The number of rotatable bonds is 9. The molecular weight excluding hydrogens is 252 g/mol. The van der Waals surface area contributed by atoms with Gasteiger partial charge in [-0.05, 0) is 30.9 Å². The minimum atomic E-state index is 0.0478. The predicted octanol–water partition coefficient (Wildman–Crippen LogP) is 2.36. The SMILES string of the molecule is CCCOCc1ccccc1CNC(=O)CCC(C)N. The summed E-state index contributed by atoms with van der Waals surface area (Å²) in [6.07, 6.45) is 2.20. The van der Waals surface area contributed by atoms with Gasteiger partial charge >= 0.3 is 0 Å². The van der Waals surface area contributed by atoms with Crippen LogP contribution in [-0.4, -0.2) is 18.6 Å². The van der Waals surface area contributed by atoms with Crippen LogP contribution in [0.15, 0.2) is 24.3 Å². The molecule has 1 aromatic rings. The van der Waals surface area contributed by atoms with E-state index in [0.717, 1.165) is 24.2 Å². The van der Waals surface area contributed by atoms with Crippen molar-refractivity contribution < 1.29 is 9.53 Å². The molecule has 4 heteroatoms. The van der Waals surface area contributed by atoms with E-state index < -0.39 is 0 Å². The van der Waals surface area contributed by atoms with Crippen LogP contribution in [0, 0.1) is 0 Å². The van der Waals surface area contributed by atoms with E-state index in [9.17, 15) is 4.79 Å².